The SMILES string of the molecule is Cc1cc(Cl)ccc1N[C@@H]1CCO[C@H]1C. The molecule has 1 fully saturated rings. The van der Waals surface area contributed by atoms with E-state index >= 15 is 0 Å². The van der Waals surface area contributed by atoms with E-state index in [1.165, 1.54) is 5.56 Å². The molecule has 0 radical (unpaired) electrons. The molecule has 15 heavy (non-hydrogen) atoms. The van der Waals surface area contributed by atoms with Crippen molar-refractivity contribution in [1.82, 2.24) is 0 Å². The number of anilines is 1. The predicted molar refractivity (Wildman–Crippen MR) is 63.6 cm³/mol. The number of ether oxygens (including phenoxy) is 1. The molecule has 0 saturated carbocycles. The molecule has 1 aromatic rings. The molecule has 2 nitrogen and oxygen atoms in total. The van der Waals surface area contributed by atoms with Crippen LogP contribution in [0.15, 0.2) is 18.2 Å². The van der Waals surface area contributed by atoms with Gasteiger partial charge < -0.3 is 10.1 Å². The first-order chi connectivity index (χ1) is 7.16. The summed E-state index contributed by atoms with van der Waals surface area (Å²) in [5.41, 5.74) is 2.34. The van der Waals surface area contributed by atoms with Gasteiger partial charge in [0, 0.05) is 17.3 Å². The zero-order valence-corrected chi connectivity index (χ0v) is 9.84. The maximum atomic E-state index is 5.91. The molecule has 0 unspecified atom stereocenters. The van der Waals surface area contributed by atoms with Crippen LogP contribution in [0.5, 0.6) is 0 Å². The van der Waals surface area contributed by atoms with E-state index < -0.39 is 0 Å². The van der Waals surface area contributed by atoms with Gasteiger partial charge in [-0.1, -0.05) is 11.6 Å². The molecule has 1 saturated heterocycles. The van der Waals surface area contributed by atoms with Crippen LogP contribution in [0.2, 0.25) is 5.02 Å². The monoisotopic (exact) mass is 225 g/mol. The molecule has 82 valence electrons. The Morgan fingerprint density at radius 3 is 2.87 bits per heavy atom. The highest BCUT2D eigenvalue weighted by molar-refractivity contribution is 6.30. The van der Waals surface area contributed by atoms with Crippen molar-refractivity contribution in [1.29, 1.82) is 0 Å². The molecule has 0 amide bonds. The lowest BCUT2D eigenvalue weighted by atomic mass is 10.1. The molecule has 0 aromatic heterocycles. The number of hydrogen-bond donors (Lipinski definition) is 1. The van der Waals surface area contributed by atoms with Crippen LogP contribution in [0.1, 0.15) is 18.9 Å². The van der Waals surface area contributed by atoms with Crippen LogP contribution < -0.4 is 5.32 Å². The number of aryl methyl sites for hydroxylation is 1. The second-order valence-corrected chi connectivity index (χ2v) is 4.51. The van der Waals surface area contributed by atoms with Crippen molar-refractivity contribution in [3.63, 3.8) is 0 Å². The topological polar surface area (TPSA) is 21.3 Å². The minimum absolute atomic E-state index is 0.292. The lowest BCUT2D eigenvalue weighted by Gasteiger charge is -2.18. The Balaban J connectivity index is 2.10. The fourth-order valence-electron chi connectivity index (χ4n) is 1.91. The van der Waals surface area contributed by atoms with E-state index in [0.29, 0.717) is 12.1 Å². The first kappa shape index (κ1) is 10.8. The molecule has 3 heteroatoms. The molecule has 0 bridgehead atoms. The van der Waals surface area contributed by atoms with E-state index in [2.05, 4.69) is 19.2 Å². The van der Waals surface area contributed by atoms with Gasteiger partial charge in [0.25, 0.3) is 0 Å². The largest absolute Gasteiger partial charge is 0.379 e. The molecule has 1 heterocycles. The normalized spacial score (nSPS) is 25.5. The minimum atomic E-state index is 0.292. The third-order valence-corrected chi connectivity index (χ3v) is 3.14. The molecular weight excluding hydrogens is 210 g/mol. The van der Waals surface area contributed by atoms with Crippen molar-refractivity contribution < 1.29 is 4.74 Å². The van der Waals surface area contributed by atoms with Crippen LogP contribution >= 0.6 is 11.6 Å². The van der Waals surface area contributed by atoms with Crippen molar-refractivity contribution in [3.8, 4) is 0 Å². The quantitative estimate of drug-likeness (QED) is 0.835. The Hall–Kier alpha value is -0.730. The Morgan fingerprint density at radius 2 is 2.27 bits per heavy atom. The van der Waals surface area contributed by atoms with E-state index in [1.54, 1.807) is 0 Å². The summed E-state index contributed by atoms with van der Waals surface area (Å²) in [6, 6.07) is 6.34. The molecule has 2 rings (SSSR count). The number of hydrogen-bond acceptors (Lipinski definition) is 2. The maximum absolute atomic E-state index is 5.91. The Kier molecular flexibility index (Phi) is 3.17. The van der Waals surface area contributed by atoms with E-state index in [4.69, 9.17) is 16.3 Å². The van der Waals surface area contributed by atoms with Crippen LogP contribution in [-0.2, 0) is 4.74 Å². The minimum Gasteiger partial charge on any atom is -0.379 e. The highest BCUT2D eigenvalue weighted by atomic mass is 35.5. The van der Waals surface area contributed by atoms with E-state index in [1.807, 2.05) is 18.2 Å². The summed E-state index contributed by atoms with van der Waals surface area (Å²) in [6.07, 6.45) is 1.36. The van der Waals surface area contributed by atoms with Gasteiger partial charge in [0.1, 0.15) is 0 Å². The highest BCUT2D eigenvalue weighted by Gasteiger charge is 2.24. The zero-order valence-electron chi connectivity index (χ0n) is 9.09. The van der Waals surface area contributed by atoms with Crippen LogP contribution in [0.3, 0.4) is 0 Å². The van der Waals surface area contributed by atoms with Crippen molar-refractivity contribution in [3.05, 3.63) is 28.8 Å². The van der Waals surface area contributed by atoms with Crippen LogP contribution in [0.4, 0.5) is 5.69 Å². The maximum Gasteiger partial charge on any atom is 0.0748 e. The summed E-state index contributed by atoms with van der Waals surface area (Å²) >= 11 is 5.91. The molecule has 1 aliphatic rings. The van der Waals surface area contributed by atoms with Gasteiger partial charge in [-0.3, -0.25) is 0 Å². The first-order valence-corrected chi connectivity index (χ1v) is 5.69. The molecule has 0 aliphatic carbocycles. The first-order valence-electron chi connectivity index (χ1n) is 5.31. The van der Waals surface area contributed by atoms with Crippen LogP contribution in [0.25, 0.3) is 0 Å². The summed E-state index contributed by atoms with van der Waals surface area (Å²) in [7, 11) is 0. The molecular formula is C12H16ClNO. The third kappa shape index (κ3) is 2.44. The summed E-state index contributed by atoms with van der Waals surface area (Å²) in [5.74, 6) is 0. The van der Waals surface area contributed by atoms with Gasteiger partial charge in [-0.05, 0) is 44.0 Å². The third-order valence-electron chi connectivity index (χ3n) is 2.91. The predicted octanol–water partition coefficient (Wildman–Crippen LogP) is 3.24. The van der Waals surface area contributed by atoms with Crippen LogP contribution in [0, 0.1) is 6.92 Å². The fourth-order valence-corrected chi connectivity index (χ4v) is 2.14. The average Bonchev–Trinajstić information content (AvgIpc) is 2.57. The lowest BCUT2D eigenvalue weighted by molar-refractivity contribution is 0.121. The highest BCUT2D eigenvalue weighted by Crippen LogP contribution is 2.23. The summed E-state index contributed by atoms with van der Waals surface area (Å²) in [4.78, 5) is 0. The van der Waals surface area contributed by atoms with Crippen molar-refractivity contribution in [2.24, 2.45) is 0 Å². The second-order valence-electron chi connectivity index (χ2n) is 4.07. The number of benzene rings is 1. The Morgan fingerprint density at radius 1 is 1.47 bits per heavy atom. The van der Waals surface area contributed by atoms with Crippen molar-refractivity contribution >= 4 is 17.3 Å². The van der Waals surface area contributed by atoms with Gasteiger partial charge in [-0.15, -0.1) is 0 Å². The Labute approximate surface area is 95.6 Å². The van der Waals surface area contributed by atoms with Crippen molar-refractivity contribution in [2.45, 2.75) is 32.4 Å². The van der Waals surface area contributed by atoms with Gasteiger partial charge in [0.15, 0.2) is 0 Å². The molecule has 0 spiro atoms. The van der Waals surface area contributed by atoms with E-state index in [9.17, 15) is 0 Å². The molecule has 1 aromatic carbocycles. The van der Waals surface area contributed by atoms with Gasteiger partial charge >= 0.3 is 0 Å². The zero-order chi connectivity index (χ0) is 10.8. The molecule has 1 N–H and O–H groups in total. The van der Waals surface area contributed by atoms with E-state index in [-0.39, 0.29) is 0 Å². The Bertz CT molecular complexity index is 353. The number of rotatable bonds is 2. The fraction of sp³-hybridized carbons (Fsp3) is 0.500. The summed E-state index contributed by atoms with van der Waals surface area (Å²) in [5, 5.41) is 4.29. The summed E-state index contributed by atoms with van der Waals surface area (Å²) in [6.45, 7) is 5.02. The molecule has 1 aliphatic heterocycles. The van der Waals surface area contributed by atoms with Gasteiger partial charge in [-0.2, -0.15) is 0 Å². The number of halogens is 1. The lowest BCUT2D eigenvalue weighted by Crippen LogP contribution is -2.26. The molecule has 2 atom stereocenters. The smallest absolute Gasteiger partial charge is 0.0748 e. The summed E-state index contributed by atoms with van der Waals surface area (Å²) < 4.78 is 5.51. The second kappa shape index (κ2) is 4.42. The van der Waals surface area contributed by atoms with Crippen LogP contribution in [-0.4, -0.2) is 18.8 Å². The standard InChI is InChI=1S/C12H16ClNO/c1-8-7-10(13)3-4-11(8)14-12-5-6-15-9(12)2/h3-4,7,9,12,14H,5-6H2,1-2H3/t9-,12+/m0/s1. The average molecular weight is 226 g/mol. The number of nitrogens with one attached hydrogen (secondary N) is 1. The van der Waals surface area contributed by atoms with E-state index in [0.717, 1.165) is 23.7 Å². The van der Waals surface area contributed by atoms with Crippen molar-refractivity contribution in [2.75, 3.05) is 11.9 Å². The van der Waals surface area contributed by atoms with Gasteiger partial charge in [0.05, 0.1) is 12.1 Å². The van der Waals surface area contributed by atoms with Gasteiger partial charge in [0.2, 0.25) is 0 Å². The van der Waals surface area contributed by atoms with Gasteiger partial charge in [-0.25, -0.2) is 0 Å².